The molecule has 0 aliphatic rings. The Kier molecular flexibility index (Phi) is 4.33. The van der Waals surface area contributed by atoms with Gasteiger partial charge >= 0.3 is 5.97 Å². The largest absolute Gasteiger partial charge is 0.480 e. The lowest BCUT2D eigenvalue weighted by atomic mass is 9.86. The van der Waals surface area contributed by atoms with Gasteiger partial charge in [-0.15, -0.1) is 0 Å². The summed E-state index contributed by atoms with van der Waals surface area (Å²) in [6.45, 7) is 2.00. The van der Waals surface area contributed by atoms with E-state index in [1.165, 1.54) is 0 Å². The average molecular weight is 242 g/mol. The van der Waals surface area contributed by atoms with Gasteiger partial charge in [0.15, 0.2) is 0 Å². The summed E-state index contributed by atoms with van der Waals surface area (Å²) in [5.74, 6) is -1.01. The highest BCUT2D eigenvalue weighted by atomic mass is 35.5. The van der Waals surface area contributed by atoms with Crippen molar-refractivity contribution in [3.63, 3.8) is 0 Å². The van der Waals surface area contributed by atoms with Gasteiger partial charge in [-0.2, -0.15) is 0 Å². The number of unbranched alkanes of at least 4 members (excludes halogenated alkanes) is 1. The topological polar surface area (TPSA) is 63.3 Å². The normalized spacial score (nSPS) is 14.4. The van der Waals surface area contributed by atoms with Gasteiger partial charge < -0.3 is 10.8 Å². The van der Waals surface area contributed by atoms with Gasteiger partial charge in [-0.1, -0.05) is 43.5 Å². The fourth-order valence-corrected chi connectivity index (χ4v) is 1.79. The molecule has 4 heteroatoms. The Bertz CT molecular complexity index is 381. The number of aliphatic carboxylic acids is 1. The molecule has 1 aromatic rings. The third-order valence-electron chi connectivity index (χ3n) is 2.65. The van der Waals surface area contributed by atoms with Crippen molar-refractivity contribution in [3.05, 3.63) is 34.9 Å². The zero-order valence-electron chi connectivity index (χ0n) is 9.24. The number of rotatable bonds is 5. The number of hydrogen-bond donors (Lipinski definition) is 2. The van der Waals surface area contributed by atoms with Crippen LogP contribution in [0.1, 0.15) is 31.7 Å². The van der Waals surface area contributed by atoms with E-state index >= 15 is 0 Å². The summed E-state index contributed by atoms with van der Waals surface area (Å²) in [5.41, 5.74) is 5.18. The Morgan fingerprint density at radius 1 is 1.56 bits per heavy atom. The number of benzene rings is 1. The van der Waals surface area contributed by atoms with Crippen LogP contribution in [0.25, 0.3) is 0 Å². The molecule has 0 spiro atoms. The van der Waals surface area contributed by atoms with Crippen LogP contribution >= 0.6 is 11.6 Å². The fourth-order valence-electron chi connectivity index (χ4n) is 1.60. The van der Waals surface area contributed by atoms with Crippen molar-refractivity contribution in [1.29, 1.82) is 0 Å². The van der Waals surface area contributed by atoms with Gasteiger partial charge in [0.05, 0.1) is 0 Å². The molecule has 0 saturated carbocycles. The predicted molar refractivity (Wildman–Crippen MR) is 64.5 cm³/mol. The van der Waals surface area contributed by atoms with Crippen LogP contribution in [0.15, 0.2) is 24.3 Å². The molecule has 0 aliphatic carbocycles. The van der Waals surface area contributed by atoms with Crippen LogP contribution in [0.4, 0.5) is 0 Å². The Balaban J connectivity index is 3.06. The standard InChI is InChI=1S/C12H16ClNO2/c1-2-3-7-12(14,11(15)16)9-5-4-6-10(13)8-9/h4-6,8H,2-3,7,14H2,1H3,(H,15,16)/t12-/m1/s1. The molecule has 0 unspecified atom stereocenters. The summed E-state index contributed by atoms with van der Waals surface area (Å²) < 4.78 is 0. The number of carboxylic acid groups (broad SMARTS) is 1. The van der Waals surface area contributed by atoms with E-state index in [1.54, 1.807) is 24.3 Å². The van der Waals surface area contributed by atoms with Gasteiger partial charge in [-0.25, -0.2) is 4.79 Å². The lowest BCUT2D eigenvalue weighted by Gasteiger charge is -2.25. The van der Waals surface area contributed by atoms with Gasteiger partial charge in [-0.3, -0.25) is 0 Å². The molecule has 0 fully saturated rings. The van der Waals surface area contributed by atoms with Crippen LogP contribution < -0.4 is 5.73 Å². The van der Waals surface area contributed by atoms with Gasteiger partial charge in [0.2, 0.25) is 0 Å². The summed E-state index contributed by atoms with van der Waals surface area (Å²) >= 11 is 5.84. The van der Waals surface area contributed by atoms with Crippen LogP contribution in [-0.4, -0.2) is 11.1 Å². The maximum atomic E-state index is 11.3. The minimum absolute atomic E-state index is 0.416. The maximum Gasteiger partial charge on any atom is 0.328 e. The number of halogens is 1. The molecule has 0 aliphatic heterocycles. The zero-order chi connectivity index (χ0) is 12.2. The second-order valence-corrected chi connectivity index (χ2v) is 4.33. The van der Waals surface area contributed by atoms with Crippen LogP contribution in [0.3, 0.4) is 0 Å². The lowest BCUT2D eigenvalue weighted by Crippen LogP contribution is -2.44. The molecule has 1 aromatic carbocycles. The molecule has 0 bridgehead atoms. The predicted octanol–water partition coefficient (Wildman–Crippen LogP) is 2.77. The monoisotopic (exact) mass is 241 g/mol. The molecular formula is C12H16ClNO2. The minimum Gasteiger partial charge on any atom is -0.480 e. The molecule has 88 valence electrons. The molecule has 0 heterocycles. The smallest absolute Gasteiger partial charge is 0.328 e. The third kappa shape index (κ3) is 2.74. The van der Waals surface area contributed by atoms with E-state index in [4.69, 9.17) is 17.3 Å². The number of nitrogens with two attached hydrogens (primary N) is 1. The molecule has 1 rings (SSSR count). The van der Waals surface area contributed by atoms with Crippen molar-refractivity contribution in [2.24, 2.45) is 5.73 Å². The van der Waals surface area contributed by atoms with Crippen molar-refractivity contribution in [2.45, 2.75) is 31.7 Å². The van der Waals surface area contributed by atoms with Crippen molar-refractivity contribution in [2.75, 3.05) is 0 Å². The van der Waals surface area contributed by atoms with Crippen molar-refractivity contribution >= 4 is 17.6 Å². The number of hydrogen-bond acceptors (Lipinski definition) is 2. The Labute approximate surface area is 100 Å². The van der Waals surface area contributed by atoms with E-state index in [0.717, 1.165) is 12.8 Å². The number of carboxylic acids is 1. The molecule has 3 nitrogen and oxygen atoms in total. The van der Waals surface area contributed by atoms with E-state index < -0.39 is 11.5 Å². The van der Waals surface area contributed by atoms with E-state index in [9.17, 15) is 9.90 Å². The zero-order valence-corrected chi connectivity index (χ0v) is 10.00. The van der Waals surface area contributed by atoms with Gasteiger partial charge in [-0.05, 0) is 24.1 Å². The van der Waals surface area contributed by atoms with E-state index in [1.807, 2.05) is 6.92 Å². The third-order valence-corrected chi connectivity index (χ3v) is 2.88. The first-order chi connectivity index (χ1) is 7.50. The van der Waals surface area contributed by atoms with Crippen molar-refractivity contribution in [3.8, 4) is 0 Å². The molecule has 0 radical (unpaired) electrons. The molecule has 1 atom stereocenters. The Morgan fingerprint density at radius 2 is 2.25 bits per heavy atom. The van der Waals surface area contributed by atoms with Crippen molar-refractivity contribution < 1.29 is 9.90 Å². The van der Waals surface area contributed by atoms with Crippen LogP contribution in [0.5, 0.6) is 0 Å². The van der Waals surface area contributed by atoms with Crippen molar-refractivity contribution in [1.82, 2.24) is 0 Å². The summed E-state index contributed by atoms with van der Waals surface area (Å²) in [7, 11) is 0. The average Bonchev–Trinajstić information content (AvgIpc) is 2.25. The summed E-state index contributed by atoms with van der Waals surface area (Å²) in [6.07, 6.45) is 2.10. The van der Waals surface area contributed by atoms with E-state index in [2.05, 4.69) is 0 Å². The molecule has 0 aromatic heterocycles. The first kappa shape index (κ1) is 13.0. The summed E-state index contributed by atoms with van der Waals surface area (Å²) in [4.78, 5) is 11.3. The summed E-state index contributed by atoms with van der Waals surface area (Å²) in [6, 6.07) is 6.74. The summed E-state index contributed by atoms with van der Waals surface area (Å²) in [5, 5.41) is 9.74. The minimum atomic E-state index is -1.33. The van der Waals surface area contributed by atoms with E-state index in [-0.39, 0.29) is 0 Å². The lowest BCUT2D eigenvalue weighted by molar-refractivity contribution is -0.144. The van der Waals surface area contributed by atoms with Gasteiger partial charge in [0, 0.05) is 5.02 Å². The molecule has 0 amide bonds. The molecule has 3 N–H and O–H groups in total. The van der Waals surface area contributed by atoms with Gasteiger partial charge in [0.1, 0.15) is 5.54 Å². The second kappa shape index (κ2) is 5.32. The maximum absolute atomic E-state index is 11.3. The quantitative estimate of drug-likeness (QED) is 0.833. The molecule has 16 heavy (non-hydrogen) atoms. The van der Waals surface area contributed by atoms with Gasteiger partial charge in [0.25, 0.3) is 0 Å². The SMILES string of the molecule is CCCC[C@](N)(C(=O)O)c1cccc(Cl)c1. The molecule has 0 saturated heterocycles. The highest BCUT2D eigenvalue weighted by Crippen LogP contribution is 2.27. The van der Waals surface area contributed by atoms with E-state index in [0.29, 0.717) is 17.0 Å². The van der Waals surface area contributed by atoms with Crippen LogP contribution in [-0.2, 0) is 10.3 Å². The first-order valence-corrected chi connectivity index (χ1v) is 5.67. The second-order valence-electron chi connectivity index (χ2n) is 3.89. The Hall–Kier alpha value is -1.06. The first-order valence-electron chi connectivity index (χ1n) is 5.29. The molecular weight excluding hydrogens is 226 g/mol. The fraction of sp³-hybridized carbons (Fsp3) is 0.417. The van der Waals surface area contributed by atoms with Crippen LogP contribution in [0.2, 0.25) is 5.02 Å². The highest BCUT2D eigenvalue weighted by Gasteiger charge is 2.35. The highest BCUT2D eigenvalue weighted by molar-refractivity contribution is 6.30. The Morgan fingerprint density at radius 3 is 2.75 bits per heavy atom. The number of carbonyl (C=O) groups is 1. The van der Waals surface area contributed by atoms with Crippen LogP contribution in [0, 0.1) is 0 Å².